The van der Waals surface area contributed by atoms with E-state index in [1.54, 1.807) is 13.0 Å². The van der Waals surface area contributed by atoms with Gasteiger partial charge in [0.1, 0.15) is 5.78 Å². The Hall–Kier alpha value is -0.920. The Bertz CT molecular complexity index is 300. The molecule has 0 N–H and O–H groups in total. The van der Waals surface area contributed by atoms with Crippen LogP contribution in [-0.4, -0.2) is 11.6 Å². The number of hydrogen-bond donors (Lipinski definition) is 0. The van der Waals surface area contributed by atoms with E-state index in [9.17, 15) is 9.59 Å². The highest BCUT2D eigenvalue weighted by atomic mass is 16.1. The summed E-state index contributed by atoms with van der Waals surface area (Å²) in [6, 6.07) is 0. The van der Waals surface area contributed by atoms with Crippen LogP contribution in [0.3, 0.4) is 0 Å². The van der Waals surface area contributed by atoms with Crippen molar-refractivity contribution in [3.8, 4) is 0 Å². The lowest BCUT2D eigenvalue weighted by molar-refractivity contribution is -0.126. The van der Waals surface area contributed by atoms with Gasteiger partial charge in [0, 0.05) is 12.8 Å². The minimum absolute atomic E-state index is 0.0132. The Balaban J connectivity index is 2.84. The molecule has 84 valence electrons. The summed E-state index contributed by atoms with van der Waals surface area (Å²) >= 11 is 0. The smallest absolute Gasteiger partial charge is 0.152 e. The molecule has 0 heterocycles. The molecule has 1 saturated carbocycles. The van der Waals surface area contributed by atoms with Crippen LogP contribution in [0.25, 0.3) is 0 Å². The Morgan fingerprint density at radius 2 is 2.07 bits per heavy atom. The molecule has 0 spiro atoms. The van der Waals surface area contributed by atoms with E-state index in [-0.39, 0.29) is 11.2 Å². The predicted molar refractivity (Wildman–Crippen MR) is 60.5 cm³/mol. The third-order valence-electron chi connectivity index (χ3n) is 3.26. The monoisotopic (exact) mass is 208 g/mol. The number of carbonyl (C=O) groups is 2. The zero-order chi connectivity index (χ0) is 11.6. The minimum atomic E-state index is -0.0132. The first-order valence-corrected chi connectivity index (χ1v) is 5.53. The van der Waals surface area contributed by atoms with Gasteiger partial charge in [-0.2, -0.15) is 0 Å². The highest BCUT2D eigenvalue weighted by Gasteiger charge is 2.38. The van der Waals surface area contributed by atoms with Crippen LogP contribution in [0.15, 0.2) is 12.2 Å². The summed E-state index contributed by atoms with van der Waals surface area (Å²) in [5.41, 5.74) is -0.0132. The van der Waals surface area contributed by atoms with Crippen molar-refractivity contribution in [3.63, 3.8) is 0 Å². The van der Waals surface area contributed by atoms with Crippen LogP contribution in [-0.2, 0) is 9.59 Å². The fraction of sp³-hybridized carbons (Fsp3) is 0.692. The third kappa shape index (κ3) is 3.01. The van der Waals surface area contributed by atoms with Crippen LogP contribution >= 0.6 is 0 Å². The second-order valence-corrected chi connectivity index (χ2v) is 5.38. The highest BCUT2D eigenvalue weighted by molar-refractivity contribution is 5.87. The van der Waals surface area contributed by atoms with Crippen molar-refractivity contribution in [2.24, 2.45) is 17.3 Å². The van der Waals surface area contributed by atoms with Crippen LogP contribution in [0, 0.1) is 17.3 Å². The number of carbonyl (C=O) groups excluding carboxylic acids is 2. The van der Waals surface area contributed by atoms with Gasteiger partial charge in [-0.1, -0.05) is 26.8 Å². The number of ketones is 2. The van der Waals surface area contributed by atoms with E-state index in [0.717, 1.165) is 0 Å². The molecule has 2 nitrogen and oxygen atoms in total. The largest absolute Gasteiger partial charge is 0.300 e. The van der Waals surface area contributed by atoms with Gasteiger partial charge in [-0.15, -0.1) is 0 Å². The highest BCUT2D eigenvalue weighted by Crippen LogP contribution is 2.43. The maximum Gasteiger partial charge on any atom is 0.152 e. The first-order valence-electron chi connectivity index (χ1n) is 5.53. The lowest BCUT2D eigenvalue weighted by Crippen LogP contribution is -2.36. The molecule has 2 atom stereocenters. The molecular formula is C13H20O2. The number of Topliss-reactive ketones (excluding diaryl/α,β-unsaturated/α-hetero) is 1. The Morgan fingerprint density at radius 3 is 2.53 bits per heavy atom. The van der Waals surface area contributed by atoms with E-state index in [0.29, 0.717) is 30.5 Å². The second-order valence-electron chi connectivity index (χ2n) is 5.38. The number of hydrogen-bond acceptors (Lipinski definition) is 2. The van der Waals surface area contributed by atoms with Crippen molar-refractivity contribution in [1.29, 1.82) is 0 Å². The first-order chi connectivity index (χ1) is 6.83. The predicted octanol–water partition coefficient (Wildman–Crippen LogP) is 2.77. The van der Waals surface area contributed by atoms with Crippen LogP contribution in [0.2, 0.25) is 0 Å². The molecule has 1 fully saturated rings. The van der Waals surface area contributed by atoms with Gasteiger partial charge in [0.15, 0.2) is 5.78 Å². The van der Waals surface area contributed by atoms with Crippen molar-refractivity contribution < 1.29 is 9.59 Å². The minimum Gasteiger partial charge on any atom is -0.300 e. The van der Waals surface area contributed by atoms with Crippen molar-refractivity contribution >= 4 is 11.6 Å². The molecule has 0 radical (unpaired) electrons. The van der Waals surface area contributed by atoms with E-state index in [1.807, 2.05) is 6.08 Å². The molecule has 0 aromatic carbocycles. The SMILES string of the molecule is CC(=O)/C=C/[C@@H]1[C@@H](C)CC(=O)CC1(C)C. The molecule has 1 rings (SSSR count). The average Bonchev–Trinajstić information content (AvgIpc) is 1.98. The van der Waals surface area contributed by atoms with Gasteiger partial charge < -0.3 is 0 Å². The normalized spacial score (nSPS) is 30.8. The van der Waals surface area contributed by atoms with Crippen LogP contribution in [0.4, 0.5) is 0 Å². The molecule has 0 aromatic rings. The van der Waals surface area contributed by atoms with Gasteiger partial charge in [0.05, 0.1) is 0 Å². The summed E-state index contributed by atoms with van der Waals surface area (Å²) in [7, 11) is 0. The Morgan fingerprint density at radius 1 is 1.47 bits per heavy atom. The summed E-state index contributed by atoms with van der Waals surface area (Å²) in [6.45, 7) is 7.86. The molecule has 0 aromatic heterocycles. The molecule has 1 aliphatic rings. The molecule has 15 heavy (non-hydrogen) atoms. The number of rotatable bonds is 2. The molecule has 0 saturated heterocycles. The van der Waals surface area contributed by atoms with Crippen LogP contribution < -0.4 is 0 Å². The summed E-state index contributed by atoms with van der Waals surface area (Å²) in [6.07, 6.45) is 4.90. The third-order valence-corrected chi connectivity index (χ3v) is 3.26. The molecule has 1 aliphatic carbocycles. The summed E-state index contributed by atoms with van der Waals surface area (Å²) in [5, 5.41) is 0. The molecule has 0 amide bonds. The fourth-order valence-electron chi connectivity index (χ4n) is 2.64. The maximum atomic E-state index is 11.5. The maximum absolute atomic E-state index is 11.5. The van der Waals surface area contributed by atoms with E-state index >= 15 is 0 Å². The van der Waals surface area contributed by atoms with E-state index in [2.05, 4.69) is 20.8 Å². The van der Waals surface area contributed by atoms with Gasteiger partial charge in [0.2, 0.25) is 0 Å². The topological polar surface area (TPSA) is 34.1 Å². The lowest BCUT2D eigenvalue weighted by Gasteiger charge is -2.40. The van der Waals surface area contributed by atoms with Crippen molar-refractivity contribution in [2.75, 3.05) is 0 Å². The fourth-order valence-corrected chi connectivity index (χ4v) is 2.64. The van der Waals surface area contributed by atoms with Crippen LogP contribution in [0.5, 0.6) is 0 Å². The average molecular weight is 208 g/mol. The van der Waals surface area contributed by atoms with E-state index < -0.39 is 0 Å². The van der Waals surface area contributed by atoms with E-state index in [1.165, 1.54) is 0 Å². The van der Waals surface area contributed by atoms with Gasteiger partial charge >= 0.3 is 0 Å². The van der Waals surface area contributed by atoms with Crippen molar-refractivity contribution in [1.82, 2.24) is 0 Å². The quantitative estimate of drug-likeness (QED) is 0.654. The van der Waals surface area contributed by atoms with Gasteiger partial charge in [0.25, 0.3) is 0 Å². The summed E-state index contributed by atoms with van der Waals surface area (Å²) in [4.78, 5) is 22.4. The molecule has 0 aliphatic heterocycles. The van der Waals surface area contributed by atoms with Gasteiger partial charge in [-0.25, -0.2) is 0 Å². The molecule has 0 unspecified atom stereocenters. The van der Waals surface area contributed by atoms with Crippen LogP contribution in [0.1, 0.15) is 40.5 Å². The van der Waals surface area contributed by atoms with Crippen molar-refractivity contribution in [2.45, 2.75) is 40.5 Å². The van der Waals surface area contributed by atoms with E-state index in [4.69, 9.17) is 0 Å². The Labute approximate surface area is 91.7 Å². The van der Waals surface area contributed by atoms with Gasteiger partial charge in [-0.05, 0) is 30.3 Å². The Kier molecular flexibility index (Phi) is 3.48. The second kappa shape index (κ2) is 4.30. The number of allylic oxidation sites excluding steroid dienone is 2. The molecule has 0 bridgehead atoms. The summed E-state index contributed by atoms with van der Waals surface area (Å²) in [5.74, 6) is 1.10. The zero-order valence-corrected chi connectivity index (χ0v) is 10.0. The standard InChI is InChI=1S/C13H20O2/c1-9-7-11(15)8-13(3,4)12(9)6-5-10(2)14/h5-6,9,12H,7-8H2,1-4H3/b6-5+/t9-,12+/m0/s1. The first kappa shape index (κ1) is 12.2. The van der Waals surface area contributed by atoms with Gasteiger partial charge in [-0.3, -0.25) is 9.59 Å². The lowest BCUT2D eigenvalue weighted by atomic mass is 9.63. The van der Waals surface area contributed by atoms with Crippen molar-refractivity contribution in [3.05, 3.63) is 12.2 Å². The molecular weight excluding hydrogens is 188 g/mol. The zero-order valence-electron chi connectivity index (χ0n) is 10.0. The molecule has 2 heteroatoms. The summed E-state index contributed by atoms with van der Waals surface area (Å²) < 4.78 is 0.